The standard InChI is InChI=1S/C13H12BrN3O3/c14-10-6-15-11-1-3-17(7-9(11)13(10)19)12(18)5-8-2-4-20-16-8/h2,4,6H,1,3,5,7H2,(H,15,19). The topological polar surface area (TPSA) is 79.2 Å². The van der Waals surface area contributed by atoms with Crippen LogP contribution in [0.25, 0.3) is 0 Å². The van der Waals surface area contributed by atoms with E-state index in [1.165, 1.54) is 6.26 Å². The first-order valence-electron chi connectivity index (χ1n) is 6.21. The molecule has 0 bridgehead atoms. The van der Waals surface area contributed by atoms with Crippen LogP contribution in [-0.2, 0) is 24.2 Å². The lowest BCUT2D eigenvalue weighted by Gasteiger charge is -2.28. The normalized spacial score (nSPS) is 14.2. The third-order valence-electron chi connectivity index (χ3n) is 3.39. The van der Waals surface area contributed by atoms with Gasteiger partial charge in [-0.3, -0.25) is 9.59 Å². The summed E-state index contributed by atoms with van der Waals surface area (Å²) < 4.78 is 5.20. The van der Waals surface area contributed by atoms with Gasteiger partial charge in [-0.2, -0.15) is 0 Å². The van der Waals surface area contributed by atoms with E-state index in [0.29, 0.717) is 35.2 Å². The summed E-state index contributed by atoms with van der Waals surface area (Å²) in [5, 5.41) is 3.73. The number of fused-ring (bicyclic) bond motifs is 1. The number of H-pyrrole nitrogens is 1. The summed E-state index contributed by atoms with van der Waals surface area (Å²) in [4.78, 5) is 29.0. The van der Waals surface area contributed by atoms with Crippen LogP contribution in [0.5, 0.6) is 0 Å². The van der Waals surface area contributed by atoms with Gasteiger partial charge in [0.2, 0.25) is 11.3 Å². The van der Waals surface area contributed by atoms with Crippen LogP contribution in [0.3, 0.4) is 0 Å². The third kappa shape index (κ3) is 2.40. The fourth-order valence-electron chi connectivity index (χ4n) is 2.30. The predicted octanol–water partition coefficient (Wildman–Crippen LogP) is 1.25. The Labute approximate surface area is 122 Å². The van der Waals surface area contributed by atoms with E-state index in [0.717, 1.165) is 5.69 Å². The predicted molar refractivity (Wildman–Crippen MR) is 74.1 cm³/mol. The van der Waals surface area contributed by atoms with Gasteiger partial charge >= 0.3 is 0 Å². The molecular weight excluding hydrogens is 326 g/mol. The van der Waals surface area contributed by atoms with Gasteiger partial charge in [0.25, 0.3) is 0 Å². The lowest BCUT2D eigenvalue weighted by molar-refractivity contribution is -0.131. The molecule has 6 nitrogen and oxygen atoms in total. The number of nitrogens with one attached hydrogen (secondary N) is 1. The fraction of sp³-hybridized carbons (Fsp3) is 0.308. The molecule has 3 heterocycles. The first kappa shape index (κ1) is 13.1. The second-order valence-electron chi connectivity index (χ2n) is 4.66. The van der Waals surface area contributed by atoms with E-state index in [4.69, 9.17) is 4.52 Å². The number of halogens is 1. The lowest BCUT2D eigenvalue weighted by Crippen LogP contribution is -2.39. The minimum absolute atomic E-state index is 0.0519. The van der Waals surface area contributed by atoms with Gasteiger partial charge in [0, 0.05) is 36.5 Å². The van der Waals surface area contributed by atoms with Crippen molar-refractivity contribution in [1.29, 1.82) is 0 Å². The van der Waals surface area contributed by atoms with Gasteiger partial charge in [0.1, 0.15) is 6.26 Å². The molecule has 1 aliphatic heterocycles. The molecule has 104 valence electrons. The van der Waals surface area contributed by atoms with Crippen molar-refractivity contribution in [2.24, 2.45) is 0 Å². The monoisotopic (exact) mass is 337 g/mol. The van der Waals surface area contributed by atoms with E-state index in [-0.39, 0.29) is 17.8 Å². The van der Waals surface area contributed by atoms with Crippen LogP contribution in [-0.4, -0.2) is 27.5 Å². The molecule has 1 amide bonds. The summed E-state index contributed by atoms with van der Waals surface area (Å²) in [6, 6.07) is 1.67. The molecule has 1 aliphatic rings. The number of aromatic nitrogens is 2. The Morgan fingerprint density at radius 1 is 1.55 bits per heavy atom. The molecule has 0 radical (unpaired) electrons. The molecule has 0 atom stereocenters. The summed E-state index contributed by atoms with van der Waals surface area (Å²) in [6.45, 7) is 0.933. The van der Waals surface area contributed by atoms with Crippen molar-refractivity contribution in [2.45, 2.75) is 19.4 Å². The Balaban J connectivity index is 1.80. The second kappa shape index (κ2) is 5.24. The highest BCUT2D eigenvalue weighted by atomic mass is 79.9. The van der Waals surface area contributed by atoms with E-state index in [2.05, 4.69) is 26.1 Å². The molecule has 20 heavy (non-hydrogen) atoms. The average molecular weight is 338 g/mol. The van der Waals surface area contributed by atoms with Crippen molar-refractivity contribution in [3.63, 3.8) is 0 Å². The van der Waals surface area contributed by atoms with Crippen LogP contribution in [0, 0.1) is 0 Å². The number of amides is 1. The summed E-state index contributed by atoms with van der Waals surface area (Å²) in [6.07, 6.45) is 3.93. The SMILES string of the molecule is O=C(Cc1ccon1)N1CCc2[nH]cc(Br)c(=O)c2C1. The lowest BCUT2D eigenvalue weighted by atomic mass is 10.0. The third-order valence-corrected chi connectivity index (χ3v) is 3.97. The summed E-state index contributed by atoms with van der Waals surface area (Å²) in [7, 11) is 0. The maximum atomic E-state index is 12.2. The summed E-state index contributed by atoms with van der Waals surface area (Å²) >= 11 is 3.21. The van der Waals surface area contributed by atoms with Crippen LogP contribution in [0.1, 0.15) is 17.0 Å². The van der Waals surface area contributed by atoms with E-state index < -0.39 is 0 Å². The molecular formula is C13H12BrN3O3. The average Bonchev–Trinajstić information content (AvgIpc) is 2.95. The van der Waals surface area contributed by atoms with Gasteiger partial charge in [-0.1, -0.05) is 5.16 Å². The molecule has 0 aromatic carbocycles. The minimum atomic E-state index is -0.0577. The first-order valence-corrected chi connectivity index (χ1v) is 7.00. The van der Waals surface area contributed by atoms with Crippen LogP contribution in [0.15, 0.2) is 32.3 Å². The molecule has 0 unspecified atom stereocenters. The molecule has 7 heteroatoms. The van der Waals surface area contributed by atoms with Gasteiger partial charge in [-0.05, 0) is 15.9 Å². The number of hydrogen-bond donors (Lipinski definition) is 1. The van der Waals surface area contributed by atoms with E-state index in [1.54, 1.807) is 17.2 Å². The Hall–Kier alpha value is -1.89. The van der Waals surface area contributed by atoms with Gasteiger partial charge in [0.15, 0.2) is 0 Å². The Kier molecular flexibility index (Phi) is 3.43. The van der Waals surface area contributed by atoms with Crippen LogP contribution >= 0.6 is 15.9 Å². The molecule has 0 fully saturated rings. The van der Waals surface area contributed by atoms with E-state index in [1.807, 2.05) is 0 Å². The number of aromatic amines is 1. The van der Waals surface area contributed by atoms with Gasteiger partial charge in [-0.15, -0.1) is 0 Å². The molecule has 0 spiro atoms. The van der Waals surface area contributed by atoms with Crippen molar-refractivity contribution in [3.8, 4) is 0 Å². The molecule has 2 aromatic rings. The molecule has 0 aliphatic carbocycles. The number of rotatable bonds is 2. The molecule has 0 saturated carbocycles. The maximum Gasteiger partial charge on any atom is 0.229 e. The van der Waals surface area contributed by atoms with Crippen molar-refractivity contribution in [1.82, 2.24) is 15.0 Å². The Morgan fingerprint density at radius 3 is 3.15 bits per heavy atom. The zero-order valence-electron chi connectivity index (χ0n) is 10.6. The highest BCUT2D eigenvalue weighted by Gasteiger charge is 2.24. The molecule has 2 aromatic heterocycles. The van der Waals surface area contributed by atoms with Crippen molar-refractivity contribution in [2.75, 3.05) is 6.54 Å². The summed E-state index contributed by atoms with van der Waals surface area (Å²) in [5.74, 6) is -0.0519. The number of carbonyl (C=O) groups is 1. The second-order valence-corrected chi connectivity index (χ2v) is 5.51. The first-order chi connectivity index (χ1) is 9.65. The zero-order chi connectivity index (χ0) is 14.1. The highest BCUT2D eigenvalue weighted by Crippen LogP contribution is 2.17. The van der Waals surface area contributed by atoms with Gasteiger partial charge in [0.05, 0.1) is 23.1 Å². The minimum Gasteiger partial charge on any atom is -0.364 e. The van der Waals surface area contributed by atoms with Crippen LogP contribution < -0.4 is 5.43 Å². The molecule has 1 N–H and O–H groups in total. The Bertz CT molecular complexity index is 693. The van der Waals surface area contributed by atoms with Crippen molar-refractivity contribution < 1.29 is 9.32 Å². The van der Waals surface area contributed by atoms with Crippen LogP contribution in [0.2, 0.25) is 0 Å². The van der Waals surface area contributed by atoms with E-state index >= 15 is 0 Å². The summed E-state index contributed by atoms with van der Waals surface area (Å²) in [5.41, 5.74) is 2.10. The van der Waals surface area contributed by atoms with Gasteiger partial charge < -0.3 is 14.4 Å². The zero-order valence-corrected chi connectivity index (χ0v) is 12.1. The van der Waals surface area contributed by atoms with Crippen molar-refractivity contribution in [3.05, 3.63) is 50.2 Å². The van der Waals surface area contributed by atoms with Crippen molar-refractivity contribution >= 4 is 21.8 Å². The highest BCUT2D eigenvalue weighted by molar-refractivity contribution is 9.10. The molecule has 0 saturated heterocycles. The quantitative estimate of drug-likeness (QED) is 0.894. The van der Waals surface area contributed by atoms with Gasteiger partial charge in [-0.25, -0.2) is 0 Å². The largest absolute Gasteiger partial charge is 0.364 e. The van der Waals surface area contributed by atoms with E-state index in [9.17, 15) is 9.59 Å². The number of nitrogens with zero attached hydrogens (tertiary/aromatic N) is 2. The number of pyridine rings is 1. The number of carbonyl (C=O) groups excluding carboxylic acids is 1. The van der Waals surface area contributed by atoms with Crippen LogP contribution in [0.4, 0.5) is 0 Å². The smallest absolute Gasteiger partial charge is 0.229 e. The number of hydrogen-bond acceptors (Lipinski definition) is 4. The maximum absolute atomic E-state index is 12.2. The molecule has 3 rings (SSSR count). The fourth-order valence-corrected chi connectivity index (χ4v) is 2.65. The Morgan fingerprint density at radius 2 is 2.40 bits per heavy atom.